The van der Waals surface area contributed by atoms with E-state index in [-0.39, 0.29) is 12.0 Å². The van der Waals surface area contributed by atoms with Crippen LogP contribution in [-0.2, 0) is 20.7 Å². The molecule has 0 bridgehead atoms. The van der Waals surface area contributed by atoms with E-state index in [1.54, 1.807) is 29.2 Å². The van der Waals surface area contributed by atoms with Crippen molar-refractivity contribution >= 4 is 47.0 Å². The maximum atomic E-state index is 13.5. The van der Waals surface area contributed by atoms with E-state index in [1.807, 2.05) is 75.4 Å². The molecule has 2 heterocycles. The first kappa shape index (κ1) is 33.1. The topological polar surface area (TPSA) is 135 Å². The third-order valence-electron chi connectivity index (χ3n) is 7.35. The maximum absolute atomic E-state index is 13.5. The van der Waals surface area contributed by atoms with Crippen LogP contribution in [0.5, 0.6) is 0 Å². The van der Waals surface area contributed by atoms with E-state index >= 15 is 0 Å². The number of aromatic nitrogens is 4. The number of halogens is 1. The van der Waals surface area contributed by atoms with Crippen LogP contribution in [0.15, 0.2) is 85.2 Å². The van der Waals surface area contributed by atoms with Gasteiger partial charge in [-0.1, -0.05) is 41.9 Å². The molecule has 1 saturated heterocycles. The fraction of sp³-hybridized carbons (Fsp3) is 0.294. The van der Waals surface area contributed by atoms with Crippen molar-refractivity contribution in [1.29, 1.82) is 0 Å². The molecule has 1 unspecified atom stereocenters. The Labute approximate surface area is 278 Å². The van der Waals surface area contributed by atoms with E-state index in [9.17, 15) is 14.4 Å². The van der Waals surface area contributed by atoms with Gasteiger partial charge in [0.05, 0.1) is 5.69 Å². The third kappa shape index (κ3) is 9.39. The van der Waals surface area contributed by atoms with Crippen LogP contribution >= 0.6 is 11.6 Å². The van der Waals surface area contributed by atoms with Gasteiger partial charge in [-0.25, -0.2) is 4.79 Å². The number of nitrogens with one attached hydrogen (secondary N) is 2. The molecule has 0 radical (unpaired) electrons. The van der Waals surface area contributed by atoms with Crippen LogP contribution in [-0.4, -0.2) is 80.8 Å². The number of piperazine rings is 1. The van der Waals surface area contributed by atoms with E-state index < -0.39 is 17.6 Å². The summed E-state index contributed by atoms with van der Waals surface area (Å²) in [7, 11) is 0. The predicted octanol–water partition coefficient (Wildman–Crippen LogP) is 4.75. The summed E-state index contributed by atoms with van der Waals surface area (Å²) in [6, 6.07) is 21.3. The van der Waals surface area contributed by atoms with Crippen molar-refractivity contribution < 1.29 is 19.1 Å². The summed E-state index contributed by atoms with van der Waals surface area (Å²) in [5, 5.41) is 17.5. The van der Waals surface area contributed by atoms with Crippen LogP contribution in [0.4, 0.5) is 16.2 Å². The molecule has 1 aromatic heterocycles. The largest absolute Gasteiger partial charge is 0.444 e. The van der Waals surface area contributed by atoms with E-state index in [0.29, 0.717) is 54.6 Å². The first-order chi connectivity index (χ1) is 22.5. The van der Waals surface area contributed by atoms with E-state index in [1.165, 1.54) is 17.1 Å². The second-order valence-corrected chi connectivity index (χ2v) is 12.5. The molecule has 0 aliphatic carbocycles. The minimum absolute atomic E-state index is 0.291. The Kier molecular flexibility index (Phi) is 10.5. The highest BCUT2D eigenvalue weighted by Gasteiger charge is 2.26. The summed E-state index contributed by atoms with van der Waals surface area (Å²) in [5.41, 5.74) is 3.19. The zero-order valence-corrected chi connectivity index (χ0v) is 27.2. The summed E-state index contributed by atoms with van der Waals surface area (Å²) >= 11 is 6.21. The molecule has 13 heteroatoms. The molecule has 1 atom stereocenters. The molecular formula is C34H37ClN8O4. The molecule has 0 spiro atoms. The smallest absolute Gasteiger partial charge is 0.410 e. The number of tetrazole rings is 1. The Hall–Kier alpha value is -5.23. The number of nitrogens with zero attached hydrogens (tertiary/aromatic N) is 6. The van der Waals surface area contributed by atoms with Crippen LogP contribution in [0.3, 0.4) is 0 Å². The Morgan fingerprint density at radius 2 is 1.70 bits per heavy atom. The summed E-state index contributed by atoms with van der Waals surface area (Å²) in [4.78, 5) is 42.9. The van der Waals surface area contributed by atoms with Crippen molar-refractivity contribution in [3.05, 3.63) is 101 Å². The number of benzene rings is 3. The van der Waals surface area contributed by atoms with Gasteiger partial charge in [0.1, 0.15) is 18.0 Å². The molecule has 5 rings (SSSR count). The molecule has 2 N–H and O–H groups in total. The lowest BCUT2D eigenvalue weighted by molar-refractivity contribution is -0.123. The van der Waals surface area contributed by atoms with Crippen molar-refractivity contribution in [2.75, 3.05) is 36.4 Å². The number of anilines is 2. The Morgan fingerprint density at radius 1 is 0.979 bits per heavy atom. The number of rotatable bonds is 9. The van der Waals surface area contributed by atoms with Gasteiger partial charge in [0.15, 0.2) is 0 Å². The SMILES string of the molecule is CC(C)(C)OC(=O)N1CCN(c2ccc(NC(=O)C(Cc3ccccc3)NC(=O)C=Cc3cc(Cl)ccc3-n3cnnn3)cc2)CC1. The Balaban J connectivity index is 1.23. The minimum atomic E-state index is -0.853. The average Bonchev–Trinajstić information content (AvgIpc) is 3.59. The van der Waals surface area contributed by atoms with E-state index in [2.05, 4.69) is 31.1 Å². The van der Waals surface area contributed by atoms with Gasteiger partial charge < -0.3 is 25.2 Å². The summed E-state index contributed by atoms with van der Waals surface area (Å²) in [6.07, 6.45) is 4.38. The number of carbonyl (C=O) groups excluding carboxylic acids is 3. The van der Waals surface area contributed by atoms with Gasteiger partial charge in [0, 0.05) is 60.6 Å². The van der Waals surface area contributed by atoms with Crippen LogP contribution < -0.4 is 15.5 Å². The predicted molar refractivity (Wildman–Crippen MR) is 180 cm³/mol. The number of carbonyl (C=O) groups is 3. The standard InChI is InChI=1S/C34H37ClN8O4/c1-34(2,3)47-33(46)42-19-17-41(18-20-42)28-13-11-27(12-14-28)37-32(45)29(21-24-7-5-4-6-8-24)38-31(44)16-9-25-22-26(35)10-15-30(25)43-23-36-39-40-43/h4-16,22-23,29H,17-21H2,1-3H3,(H,37,45)(H,38,44). The highest BCUT2D eigenvalue weighted by Crippen LogP contribution is 2.22. The molecule has 1 aliphatic heterocycles. The fourth-order valence-electron chi connectivity index (χ4n) is 5.04. The van der Waals surface area contributed by atoms with E-state index in [4.69, 9.17) is 16.3 Å². The molecule has 0 saturated carbocycles. The molecule has 12 nitrogen and oxygen atoms in total. The quantitative estimate of drug-likeness (QED) is 0.247. The molecule has 3 amide bonds. The Bertz CT molecular complexity index is 1700. The van der Waals surface area contributed by atoms with Gasteiger partial charge in [-0.15, -0.1) is 5.10 Å². The molecular weight excluding hydrogens is 620 g/mol. The van der Waals surface area contributed by atoms with Crippen LogP contribution in [0.25, 0.3) is 11.8 Å². The fourth-order valence-corrected chi connectivity index (χ4v) is 5.22. The van der Waals surface area contributed by atoms with Crippen molar-refractivity contribution in [1.82, 2.24) is 30.4 Å². The van der Waals surface area contributed by atoms with Crippen LogP contribution in [0.2, 0.25) is 5.02 Å². The zero-order chi connectivity index (χ0) is 33.4. The molecule has 4 aromatic rings. The number of hydrogen-bond donors (Lipinski definition) is 2. The lowest BCUT2D eigenvalue weighted by Crippen LogP contribution is -2.50. The van der Waals surface area contributed by atoms with Gasteiger partial charge >= 0.3 is 6.09 Å². The van der Waals surface area contributed by atoms with E-state index in [0.717, 1.165) is 11.3 Å². The van der Waals surface area contributed by atoms with Gasteiger partial charge in [-0.05, 0) is 85.3 Å². The van der Waals surface area contributed by atoms with Crippen LogP contribution in [0.1, 0.15) is 31.9 Å². The first-order valence-electron chi connectivity index (χ1n) is 15.2. The van der Waals surface area contributed by atoms with Crippen molar-refractivity contribution in [3.63, 3.8) is 0 Å². The number of amides is 3. The van der Waals surface area contributed by atoms with Gasteiger partial charge in [0.25, 0.3) is 0 Å². The Morgan fingerprint density at radius 3 is 2.36 bits per heavy atom. The molecule has 1 fully saturated rings. The average molecular weight is 657 g/mol. The van der Waals surface area contributed by atoms with Crippen LogP contribution in [0, 0.1) is 0 Å². The van der Waals surface area contributed by atoms with Crippen molar-refractivity contribution in [3.8, 4) is 5.69 Å². The summed E-state index contributed by atoms with van der Waals surface area (Å²) in [5.74, 6) is -0.809. The molecule has 244 valence electrons. The highest BCUT2D eigenvalue weighted by atomic mass is 35.5. The van der Waals surface area contributed by atoms with Gasteiger partial charge in [0.2, 0.25) is 11.8 Å². The number of hydrogen-bond acceptors (Lipinski definition) is 8. The zero-order valence-electron chi connectivity index (χ0n) is 26.5. The molecule has 3 aromatic carbocycles. The van der Waals surface area contributed by atoms with Crippen molar-refractivity contribution in [2.24, 2.45) is 0 Å². The maximum Gasteiger partial charge on any atom is 0.410 e. The lowest BCUT2D eigenvalue weighted by atomic mass is 10.0. The summed E-state index contributed by atoms with van der Waals surface area (Å²) in [6.45, 7) is 8.00. The summed E-state index contributed by atoms with van der Waals surface area (Å²) < 4.78 is 6.96. The minimum Gasteiger partial charge on any atom is -0.444 e. The monoisotopic (exact) mass is 656 g/mol. The lowest BCUT2D eigenvalue weighted by Gasteiger charge is -2.36. The third-order valence-corrected chi connectivity index (χ3v) is 7.58. The first-order valence-corrected chi connectivity index (χ1v) is 15.6. The van der Waals surface area contributed by atoms with Gasteiger partial charge in [-0.3, -0.25) is 9.59 Å². The normalized spacial score (nSPS) is 14.1. The van der Waals surface area contributed by atoms with Gasteiger partial charge in [-0.2, -0.15) is 4.68 Å². The highest BCUT2D eigenvalue weighted by molar-refractivity contribution is 6.30. The number of ether oxygens (including phenoxy) is 1. The second-order valence-electron chi connectivity index (χ2n) is 12.0. The molecule has 47 heavy (non-hydrogen) atoms. The van der Waals surface area contributed by atoms with Crippen molar-refractivity contribution in [2.45, 2.75) is 38.8 Å². The second kappa shape index (κ2) is 14.9. The molecule has 1 aliphatic rings.